The van der Waals surface area contributed by atoms with Gasteiger partial charge in [-0.25, -0.2) is 0 Å². The minimum Gasteiger partial charge on any atom is -0.437 e. The first kappa shape index (κ1) is 75.5. The van der Waals surface area contributed by atoms with E-state index in [0.29, 0.717) is 0 Å². The molecule has 0 aliphatic rings. The zero-order valence-corrected chi connectivity index (χ0v) is 67.8. The number of rotatable bonds is 43. The second-order valence-corrected chi connectivity index (χ2v) is 82.3. The van der Waals surface area contributed by atoms with E-state index in [9.17, 15) is 0 Å². The van der Waals surface area contributed by atoms with E-state index in [2.05, 4.69) is 201 Å². The summed E-state index contributed by atoms with van der Waals surface area (Å²) < 4.78 is 71.6. The normalized spacial score (nSPS) is 17.0. The van der Waals surface area contributed by atoms with Crippen molar-refractivity contribution in [3.05, 3.63) is 0 Å². The van der Waals surface area contributed by atoms with Crippen LogP contribution in [-0.4, -0.2) is 139 Å². The van der Waals surface area contributed by atoms with E-state index in [1.807, 2.05) is 0 Å². The van der Waals surface area contributed by atoms with Crippen molar-refractivity contribution < 1.29 is 41.2 Å². The summed E-state index contributed by atoms with van der Waals surface area (Å²) >= 11 is 8.84. The third-order valence-electron chi connectivity index (χ3n) is 11.6. The number of thiol groups is 1. The van der Waals surface area contributed by atoms with Gasteiger partial charge < -0.3 is 41.2 Å². The van der Waals surface area contributed by atoms with Crippen molar-refractivity contribution in [2.75, 3.05) is 28.8 Å². The summed E-state index contributed by atoms with van der Waals surface area (Å²) in [4.78, 5) is 0. The average molecular weight is 1290 g/mol. The Bertz CT molecular complexity index is 1420. The molecule has 0 N–H and O–H groups in total. The molecule has 0 rings (SSSR count). The van der Waals surface area contributed by atoms with Crippen LogP contribution < -0.4 is 0 Å². The minimum atomic E-state index is -2.92. The van der Waals surface area contributed by atoms with Gasteiger partial charge in [-0.05, 0) is 254 Å². The molecule has 0 aliphatic carbocycles. The highest BCUT2D eigenvalue weighted by Crippen LogP contribution is 2.37. The number of hydrogen-bond donors (Lipinski definition) is 1. The molecule has 0 saturated heterocycles. The predicted molar refractivity (Wildman–Crippen MR) is 358 cm³/mol. The molecular weight excluding hydrogens is 1170 g/mol. The van der Waals surface area contributed by atoms with E-state index in [0.717, 1.165) is 78.2 Å². The largest absolute Gasteiger partial charge is 0.437 e. The van der Waals surface area contributed by atoms with Gasteiger partial charge in [-0.1, -0.05) is 39.5 Å². The molecular formula is C46H120O10S3Si13. The van der Waals surface area contributed by atoms with E-state index in [1.54, 1.807) is 0 Å². The fourth-order valence-corrected chi connectivity index (χ4v) is 78.8. The maximum absolute atomic E-state index is 7.70. The number of unbranched alkanes of at least 4 members (excludes halogenated alkanes) is 2. The van der Waals surface area contributed by atoms with Crippen LogP contribution in [0, 0.1) is 0 Å². The lowest BCUT2D eigenvalue weighted by atomic mass is 10.4. The SMILES string of the molecule is CCCC[Si](C)(C)O[Si](C)(C)O[Si](C)(C)CCSCCC[Si](C)(O[Si](C)(C)O[Si](C)(C)C)O[Si](C)(CCCS)O[Si](C)(CCCSCC[Si](C)(C)O[Si](C)(C)O[Si](C)(C)CCCC)O[Si](C)(C)O[Si](C)(C)C. The molecule has 2 atom stereocenters. The van der Waals surface area contributed by atoms with Crippen LogP contribution in [0.25, 0.3) is 0 Å². The Labute approximate surface area is 476 Å². The smallest absolute Gasteiger partial charge is 0.317 e. The highest BCUT2D eigenvalue weighted by Gasteiger charge is 2.52. The van der Waals surface area contributed by atoms with Gasteiger partial charge in [-0.15, -0.1) is 0 Å². The maximum atomic E-state index is 7.70. The third-order valence-corrected chi connectivity index (χ3v) is 64.4. The third kappa shape index (κ3) is 38.2. The van der Waals surface area contributed by atoms with Crippen molar-refractivity contribution in [1.82, 2.24) is 0 Å². The van der Waals surface area contributed by atoms with Gasteiger partial charge >= 0.3 is 59.9 Å². The monoisotopic (exact) mass is 1290 g/mol. The quantitative estimate of drug-likeness (QED) is 0.0358. The molecule has 10 nitrogen and oxygen atoms in total. The molecule has 0 aromatic heterocycles. The molecule has 72 heavy (non-hydrogen) atoms. The van der Waals surface area contributed by atoms with E-state index in [1.165, 1.54) is 37.8 Å². The molecule has 26 heteroatoms. The maximum Gasteiger partial charge on any atom is 0.317 e. The fraction of sp³-hybridized carbons (Fsp3) is 1.00. The van der Waals surface area contributed by atoms with E-state index in [4.69, 9.17) is 53.8 Å². The van der Waals surface area contributed by atoms with Crippen LogP contribution in [0.1, 0.15) is 58.8 Å². The number of thioether (sulfide) groups is 2. The first-order valence-electron chi connectivity index (χ1n) is 27.9. The van der Waals surface area contributed by atoms with Crippen molar-refractivity contribution in [2.45, 2.75) is 265 Å². The summed E-state index contributed by atoms with van der Waals surface area (Å²) in [6.07, 6.45) is 7.88. The van der Waals surface area contributed by atoms with Crippen molar-refractivity contribution in [2.24, 2.45) is 0 Å². The van der Waals surface area contributed by atoms with Crippen LogP contribution in [0.4, 0.5) is 0 Å². The summed E-state index contributed by atoms with van der Waals surface area (Å²) in [7, 11) is -29.3. The van der Waals surface area contributed by atoms with Crippen LogP contribution in [0.5, 0.6) is 0 Å². The van der Waals surface area contributed by atoms with E-state index in [-0.39, 0.29) is 0 Å². The minimum absolute atomic E-state index is 0.778. The lowest BCUT2D eigenvalue weighted by Crippen LogP contribution is -2.63. The molecule has 0 amide bonds. The molecule has 434 valence electrons. The van der Waals surface area contributed by atoms with Crippen LogP contribution in [0.3, 0.4) is 0 Å². The van der Waals surface area contributed by atoms with Gasteiger partial charge in [0.25, 0.3) is 0 Å². The molecule has 0 aromatic rings. The Morgan fingerprint density at radius 3 is 0.819 bits per heavy atom. The molecule has 0 aliphatic heterocycles. The van der Waals surface area contributed by atoms with Crippen LogP contribution >= 0.6 is 36.2 Å². The molecule has 0 heterocycles. The standard InChI is InChI=1S/C46H120O10S3Si13/c1-28-30-40-62(9,10)49-68(21,22)51-64(13,14)45-38-58-36-33-43-70(25,53-66(17,18)47-60(3,4)5)55-72(27,42-32-35-57)56-71(26,54-67(19,20)48-61(6,7)8)44-34-37-59-39-46-65(15,16)52-69(23,24)50-63(11,12)41-31-29-2/h57H,28-46H2,1-27H3. The Morgan fingerprint density at radius 1 is 0.278 bits per heavy atom. The van der Waals surface area contributed by atoms with Gasteiger partial charge in [0.1, 0.15) is 0 Å². The highest BCUT2D eigenvalue weighted by atomic mass is 32.2. The van der Waals surface area contributed by atoms with Crippen molar-refractivity contribution in [1.29, 1.82) is 0 Å². The first-order chi connectivity index (χ1) is 32.2. The zero-order valence-electron chi connectivity index (χ0n) is 52.3. The van der Waals surface area contributed by atoms with Crippen LogP contribution in [0.15, 0.2) is 0 Å². The fourth-order valence-electron chi connectivity index (χ4n) is 10.2. The molecule has 0 bridgehead atoms. The Balaban J connectivity index is 6.41. The van der Waals surface area contributed by atoms with Crippen LogP contribution in [-0.2, 0) is 41.2 Å². The summed E-state index contributed by atoms with van der Waals surface area (Å²) in [6, 6.07) is 7.28. The lowest BCUT2D eigenvalue weighted by molar-refractivity contribution is 0.259. The van der Waals surface area contributed by atoms with Crippen molar-refractivity contribution in [3.63, 3.8) is 0 Å². The molecule has 0 fully saturated rings. The second kappa shape index (κ2) is 31.8. The predicted octanol–water partition coefficient (Wildman–Crippen LogP) is 17.8. The molecule has 2 unspecified atom stereocenters. The van der Waals surface area contributed by atoms with Crippen molar-refractivity contribution >= 4 is 146 Å². The number of hydrogen-bond acceptors (Lipinski definition) is 13. The summed E-state index contributed by atoms with van der Waals surface area (Å²) in [5.74, 6) is 5.08. The highest BCUT2D eigenvalue weighted by molar-refractivity contribution is 7.99. The summed E-state index contributed by atoms with van der Waals surface area (Å²) in [6.45, 7) is 62.0. The van der Waals surface area contributed by atoms with Crippen molar-refractivity contribution in [3.8, 4) is 0 Å². The van der Waals surface area contributed by atoms with Gasteiger partial charge in [0.05, 0.1) is 0 Å². The van der Waals surface area contributed by atoms with Gasteiger partial charge in [-0.2, -0.15) is 36.2 Å². The second-order valence-electron chi connectivity index (χ2n) is 27.3. The summed E-state index contributed by atoms with van der Waals surface area (Å²) in [5.41, 5.74) is 0. The topological polar surface area (TPSA) is 92.3 Å². The molecule has 0 spiro atoms. The van der Waals surface area contributed by atoms with E-state index < -0.39 is 110 Å². The Kier molecular flexibility index (Phi) is 33.3. The first-order valence-corrected chi connectivity index (χ1v) is 69.0. The van der Waals surface area contributed by atoms with Crippen LogP contribution in [0.2, 0.25) is 206 Å². The zero-order chi connectivity index (χ0) is 56.4. The summed E-state index contributed by atoms with van der Waals surface area (Å²) in [5, 5.41) is 0. The van der Waals surface area contributed by atoms with Gasteiger partial charge in [0.15, 0.2) is 49.9 Å². The Morgan fingerprint density at radius 2 is 0.542 bits per heavy atom. The molecule has 0 saturated carbocycles. The van der Waals surface area contributed by atoms with Gasteiger partial charge in [-0.3, -0.25) is 0 Å². The average Bonchev–Trinajstić information content (AvgIpc) is 3.10. The van der Waals surface area contributed by atoms with E-state index >= 15 is 0 Å². The lowest BCUT2D eigenvalue weighted by Gasteiger charge is -2.46. The van der Waals surface area contributed by atoms with Gasteiger partial charge in [0, 0.05) is 0 Å². The van der Waals surface area contributed by atoms with Gasteiger partial charge in [0.2, 0.25) is 0 Å². The Hall–Kier alpha value is 3.47. The molecule has 0 radical (unpaired) electrons. The molecule has 0 aromatic carbocycles.